The molecule has 0 radical (unpaired) electrons. The van der Waals surface area contributed by atoms with Gasteiger partial charge in [-0.2, -0.15) is 5.10 Å². The van der Waals surface area contributed by atoms with Crippen molar-refractivity contribution in [2.75, 3.05) is 80.5 Å². The van der Waals surface area contributed by atoms with E-state index in [0.717, 1.165) is 65.0 Å². The molecule has 3 aromatic heterocycles. The van der Waals surface area contributed by atoms with Gasteiger partial charge < -0.3 is 64.9 Å². The van der Waals surface area contributed by atoms with Crippen molar-refractivity contribution in [1.29, 1.82) is 0 Å². The van der Waals surface area contributed by atoms with E-state index in [1.807, 2.05) is 67.2 Å². The van der Waals surface area contributed by atoms with Crippen LogP contribution in [0.3, 0.4) is 0 Å². The lowest BCUT2D eigenvalue weighted by Gasteiger charge is -2.66. The number of hydrogen-bond donors (Lipinski definition) is 8. The molecule has 29 heteroatoms. The molecule has 3 saturated carbocycles. The van der Waals surface area contributed by atoms with Crippen molar-refractivity contribution >= 4 is 97.5 Å². The Morgan fingerprint density at radius 3 is 2.41 bits per heavy atom. The fourth-order valence-corrected chi connectivity index (χ4v) is 16.9. The van der Waals surface area contributed by atoms with Crippen molar-refractivity contribution < 1.29 is 82.8 Å². The van der Waals surface area contributed by atoms with Crippen LogP contribution in [0, 0.1) is 29.1 Å². The summed E-state index contributed by atoms with van der Waals surface area (Å²) in [5.41, 5.74) is 5.54. The van der Waals surface area contributed by atoms with E-state index >= 15 is 0 Å². The fraction of sp³-hybridized carbons (Fsp3) is 0.466. The molecule has 102 heavy (non-hydrogen) atoms. The summed E-state index contributed by atoms with van der Waals surface area (Å²) in [6.07, 6.45) is 4.41. The van der Waals surface area contributed by atoms with Crippen molar-refractivity contribution in [2.45, 2.75) is 135 Å². The average molecular weight is 1420 g/mol. The van der Waals surface area contributed by atoms with E-state index in [9.17, 15) is 63.9 Å². The molecule has 12 rings (SSSR count). The molecule has 6 aliphatic rings. The van der Waals surface area contributed by atoms with Gasteiger partial charge in [-0.3, -0.25) is 39.0 Å². The first kappa shape index (κ1) is 72.1. The first-order valence-corrected chi connectivity index (χ1v) is 35.1. The van der Waals surface area contributed by atoms with E-state index in [0.29, 0.717) is 83.6 Å². The van der Waals surface area contributed by atoms with E-state index in [1.54, 1.807) is 42.4 Å². The molecule has 3 bridgehead atoms. The summed E-state index contributed by atoms with van der Waals surface area (Å²) >= 11 is 1.40. The number of thiazole rings is 1. The summed E-state index contributed by atoms with van der Waals surface area (Å²) in [7, 11) is 3.59. The van der Waals surface area contributed by atoms with Gasteiger partial charge in [-0.1, -0.05) is 61.9 Å². The van der Waals surface area contributed by atoms with Crippen LogP contribution in [0.15, 0.2) is 97.2 Å². The zero-order chi connectivity index (χ0) is 72.4. The first-order valence-electron chi connectivity index (χ1n) is 34.3. The van der Waals surface area contributed by atoms with Crippen molar-refractivity contribution in [1.82, 2.24) is 34.9 Å². The molecular weight excluding hydrogens is 1330 g/mol. The quantitative estimate of drug-likeness (QED) is 0.0188. The normalized spacial score (nSPS) is 25.0. The number of nitrogens with zero attached hydrogens (tertiary/aromatic N) is 8. The largest absolute Gasteiger partial charge is 0.479 e. The second kappa shape index (κ2) is 30.1. The number of aliphatic carboxylic acids is 1. The molecule has 1 saturated heterocycles. The molecule has 10 atom stereocenters. The number of carbonyl (C=O) groups is 8. The Balaban J connectivity index is 0.658. The molecule has 0 spiro atoms. The SMILES string of the molecule is Cc1c(-c2ccc(-c3ccc4c(c3)N(C(=O)Nc3nc5ccccc5s3)CCN4C)nc2C(=O)O)cnn1CC12CC(OCCN(C)C(=O)OC/C=C/c3ccc(O[C@@H]4O[C@H](C(=O)O)[C@@H](O)[C@H](O)[C@H]4O)c(NC(=O)CCNC(=O)CCCCCN4C(=O)C=CC4=O)c3)C3CCC(C)(C1)CC3(C)C2. The van der Waals surface area contributed by atoms with Crippen molar-refractivity contribution in [3.63, 3.8) is 0 Å². The highest BCUT2D eigenvalue weighted by Crippen LogP contribution is 2.69. The number of unbranched alkanes of at least 4 members (excludes halogenated alkanes) is 2. The van der Waals surface area contributed by atoms with Crippen LogP contribution >= 0.6 is 11.3 Å². The van der Waals surface area contributed by atoms with Gasteiger partial charge in [0.1, 0.15) is 30.7 Å². The number of carboxylic acid groups (broad SMARTS) is 2. The molecule has 3 aliphatic carbocycles. The molecule has 7 amide bonds. The number of hydrogen-bond acceptors (Lipinski definition) is 20. The number of amides is 7. The number of pyridine rings is 1. The third kappa shape index (κ3) is 15.7. The molecule has 3 aromatic carbocycles. The minimum Gasteiger partial charge on any atom is -0.479 e. The van der Waals surface area contributed by atoms with E-state index in [4.69, 9.17) is 29.0 Å². The predicted octanol–water partition coefficient (Wildman–Crippen LogP) is 8.08. The zero-order valence-electron chi connectivity index (χ0n) is 57.4. The maximum Gasteiger partial charge on any atom is 0.409 e. The van der Waals surface area contributed by atoms with E-state index in [-0.39, 0.29) is 109 Å². The van der Waals surface area contributed by atoms with Crippen LogP contribution in [-0.4, -0.2) is 200 Å². The summed E-state index contributed by atoms with van der Waals surface area (Å²) in [5, 5.41) is 65.7. The van der Waals surface area contributed by atoms with Gasteiger partial charge in [-0.25, -0.2) is 29.1 Å². The predicted molar refractivity (Wildman–Crippen MR) is 376 cm³/mol. The Hall–Kier alpha value is -9.65. The van der Waals surface area contributed by atoms with Crippen LogP contribution in [0.25, 0.3) is 38.7 Å². The number of fused-ring (bicyclic) bond motifs is 4. The number of aliphatic hydroxyl groups is 3. The van der Waals surface area contributed by atoms with Gasteiger partial charge in [0.2, 0.25) is 18.1 Å². The summed E-state index contributed by atoms with van der Waals surface area (Å²) in [4.78, 5) is 118. The van der Waals surface area contributed by atoms with Gasteiger partial charge >= 0.3 is 24.1 Å². The number of anilines is 4. The van der Waals surface area contributed by atoms with Gasteiger partial charge in [-0.15, -0.1) is 0 Å². The van der Waals surface area contributed by atoms with Crippen molar-refractivity contribution in [2.24, 2.45) is 22.2 Å². The number of para-hydroxylation sites is 1. The molecule has 3 aliphatic heterocycles. The topological polar surface area (TPSA) is 367 Å². The Labute approximate surface area is 592 Å². The molecule has 5 unspecified atom stereocenters. The summed E-state index contributed by atoms with van der Waals surface area (Å²) in [6.45, 7) is 8.89. The van der Waals surface area contributed by atoms with E-state index in [2.05, 4.69) is 39.7 Å². The Morgan fingerprint density at radius 2 is 1.64 bits per heavy atom. The first-order chi connectivity index (χ1) is 48.8. The molecule has 540 valence electrons. The molecule has 6 aromatic rings. The Kier molecular flexibility index (Phi) is 21.3. The monoisotopic (exact) mass is 1420 g/mol. The number of carboxylic acids is 2. The minimum absolute atomic E-state index is 0.0239. The molecule has 8 N–H and O–H groups in total. The highest BCUT2D eigenvalue weighted by atomic mass is 32.1. The lowest BCUT2D eigenvalue weighted by Crippen LogP contribution is -2.61. The smallest absolute Gasteiger partial charge is 0.409 e. The van der Waals surface area contributed by atoms with Gasteiger partial charge in [-0.05, 0) is 141 Å². The highest BCUT2D eigenvalue weighted by molar-refractivity contribution is 7.22. The highest BCUT2D eigenvalue weighted by Gasteiger charge is 2.62. The Morgan fingerprint density at radius 1 is 0.843 bits per heavy atom. The number of nitrogens with one attached hydrogen (secondary N) is 3. The van der Waals surface area contributed by atoms with Crippen LogP contribution in [0.1, 0.15) is 106 Å². The third-order valence-corrected chi connectivity index (χ3v) is 21.6. The number of aromatic carboxylic acids is 1. The summed E-state index contributed by atoms with van der Waals surface area (Å²) < 4.78 is 26.6. The number of rotatable bonds is 26. The van der Waals surface area contributed by atoms with E-state index < -0.39 is 54.6 Å². The molecule has 4 fully saturated rings. The average Bonchev–Trinajstić information content (AvgIpc) is 0.820. The minimum atomic E-state index is -1.98. The summed E-state index contributed by atoms with van der Waals surface area (Å²) in [5.74, 6) is -4.26. The van der Waals surface area contributed by atoms with Crippen molar-refractivity contribution in [3.05, 3.63) is 114 Å². The second-order valence-corrected chi connectivity index (χ2v) is 29.3. The number of urea groups is 1. The maximum absolute atomic E-state index is 13.9. The number of aromatic nitrogens is 4. The number of benzene rings is 3. The molecule has 6 heterocycles. The Bertz CT molecular complexity index is 4240. The van der Waals surface area contributed by atoms with Gasteiger partial charge in [0.05, 0.1) is 51.9 Å². The lowest BCUT2D eigenvalue weighted by molar-refractivity contribution is -0.271. The number of aliphatic hydroxyl groups excluding tert-OH is 3. The maximum atomic E-state index is 13.9. The van der Waals surface area contributed by atoms with Crippen LogP contribution in [0.5, 0.6) is 5.75 Å². The van der Waals surface area contributed by atoms with Crippen LogP contribution in [0.2, 0.25) is 0 Å². The standard InChI is InChI=1S/C73H85N11O17S/c1-42-46(45-18-19-48(77-60(45)65(92)93)44-17-20-51-52(35-44)82(30-29-80(51)4)69(96)79-68-78-49-13-8-9-14-55(49)102-68)37-75-84(42)41-73-36-54(47-24-26-71(2,39-73)38-72(47,3)40-73)98-33-31-81(5)70(97)99-32-11-12-43-16-21-53(100-67-63(91)61(89)62(90)64(101-67)66(94)95)50(34-43)76-57(86)25-27-74-56(85)15-7-6-10-28-83-58(87)22-23-59(83)88/h8-9,11-14,16-23,34-35,37,47,54,61-64,67,89-91H,6-7,10,15,24-33,36,38-41H2,1-5H3,(H,74,85)(H,76,86)(H,92,93)(H,94,95)(H,78,79,96)/b12-11+/t47?,54?,61-,62-,63+,64-,67+,71?,72?,73?/m0/s1. The lowest BCUT2D eigenvalue weighted by atomic mass is 9.41. The van der Waals surface area contributed by atoms with Gasteiger partial charge in [0, 0.05) is 101 Å². The van der Waals surface area contributed by atoms with Crippen LogP contribution in [0.4, 0.5) is 31.8 Å². The van der Waals surface area contributed by atoms with Crippen LogP contribution < -0.4 is 30.5 Å². The van der Waals surface area contributed by atoms with Gasteiger partial charge in [0.15, 0.2) is 16.9 Å². The van der Waals surface area contributed by atoms with Crippen molar-refractivity contribution in [3.8, 4) is 28.1 Å². The zero-order valence-corrected chi connectivity index (χ0v) is 58.2. The van der Waals surface area contributed by atoms with E-state index in [1.165, 1.54) is 40.5 Å². The second-order valence-electron chi connectivity index (χ2n) is 28.3. The number of carbonyl (C=O) groups excluding carboxylic acids is 6. The van der Waals surface area contributed by atoms with Crippen LogP contribution in [-0.2, 0) is 44.7 Å². The number of likely N-dealkylation sites (N-methyl/N-ethyl adjacent to an activating group) is 2. The number of imide groups is 1. The molecule has 28 nitrogen and oxygen atoms in total. The fourth-order valence-electron chi connectivity index (χ4n) is 16.1. The van der Waals surface area contributed by atoms with Gasteiger partial charge in [0.25, 0.3) is 11.8 Å². The summed E-state index contributed by atoms with van der Waals surface area (Å²) in [6, 6.07) is 21.1. The third-order valence-electron chi connectivity index (χ3n) is 20.7. The molecular formula is C73H85N11O17S. The number of ether oxygens (including phenoxy) is 4.